The van der Waals surface area contributed by atoms with Gasteiger partial charge in [-0.05, 0) is 94.5 Å². The van der Waals surface area contributed by atoms with Gasteiger partial charge in [-0.15, -0.1) is 0 Å². The molecule has 0 saturated carbocycles. The van der Waals surface area contributed by atoms with Gasteiger partial charge in [-0.2, -0.15) is 5.10 Å². The van der Waals surface area contributed by atoms with Crippen LogP contribution in [0.4, 0.5) is 5.69 Å². The molecule has 0 saturated heterocycles. The number of fused-ring (bicyclic) bond motifs is 4. The molecular formula is C45H44Cl2N6O5. The van der Waals surface area contributed by atoms with Crippen molar-refractivity contribution in [1.82, 2.24) is 23.9 Å². The highest BCUT2D eigenvalue weighted by molar-refractivity contribution is 6.35. The molecule has 1 N–H and O–H groups in total. The zero-order chi connectivity index (χ0) is 41.2. The van der Waals surface area contributed by atoms with Gasteiger partial charge >= 0.3 is 5.97 Å². The topological polar surface area (TPSA) is 117 Å². The van der Waals surface area contributed by atoms with E-state index in [-0.39, 0.29) is 30.7 Å². The van der Waals surface area contributed by atoms with Crippen molar-refractivity contribution in [2.24, 2.45) is 7.05 Å². The van der Waals surface area contributed by atoms with Gasteiger partial charge in [-0.25, -0.2) is 4.79 Å². The summed E-state index contributed by atoms with van der Waals surface area (Å²) in [6.07, 6.45) is 2.75. The van der Waals surface area contributed by atoms with Crippen LogP contribution in [-0.2, 0) is 20.0 Å². The van der Waals surface area contributed by atoms with E-state index in [1.807, 2.05) is 88.0 Å². The number of hydrogen-bond donors (Lipinski definition) is 1. The SMILES string of the molecule is COc1ccnc(Cn2c(C(=O)O)c(N3C[C@@H](C)n4c(c(CCCOc5cc(C)c(Cl)c(C)c5)c5ccc(Cl)c(-c6c(C)nn(C)c6C)c54)C3=O)c3ccccc32)c1. The third-order valence-electron chi connectivity index (χ3n) is 11.3. The number of halogens is 2. The van der Waals surface area contributed by atoms with Crippen molar-refractivity contribution >= 4 is 62.6 Å². The summed E-state index contributed by atoms with van der Waals surface area (Å²) in [4.78, 5) is 35.0. The molecule has 8 rings (SSSR count). The number of pyridine rings is 1. The molecule has 0 radical (unpaired) electrons. The summed E-state index contributed by atoms with van der Waals surface area (Å²) >= 11 is 13.6. The number of ether oxygens (including phenoxy) is 2. The molecule has 0 aliphatic carbocycles. The van der Waals surface area contributed by atoms with Gasteiger partial charge in [-0.1, -0.05) is 47.5 Å². The van der Waals surface area contributed by atoms with Gasteiger partial charge in [0.05, 0.1) is 53.4 Å². The molecular weight excluding hydrogens is 775 g/mol. The maximum Gasteiger partial charge on any atom is 0.354 e. The van der Waals surface area contributed by atoms with Gasteiger partial charge in [0, 0.05) is 64.5 Å². The Morgan fingerprint density at radius 3 is 2.40 bits per heavy atom. The van der Waals surface area contributed by atoms with Crippen LogP contribution in [0.5, 0.6) is 11.5 Å². The Bertz CT molecular complexity index is 2780. The van der Waals surface area contributed by atoms with Crippen LogP contribution in [0, 0.1) is 27.7 Å². The molecule has 1 aliphatic heterocycles. The second-order valence-electron chi connectivity index (χ2n) is 15.1. The average Bonchev–Trinajstić information content (AvgIpc) is 3.80. The average molecular weight is 820 g/mol. The minimum atomic E-state index is -1.15. The van der Waals surface area contributed by atoms with E-state index < -0.39 is 5.97 Å². The molecule has 4 aromatic heterocycles. The second kappa shape index (κ2) is 15.2. The summed E-state index contributed by atoms with van der Waals surface area (Å²) < 4.78 is 17.4. The first-order valence-electron chi connectivity index (χ1n) is 19.2. The minimum Gasteiger partial charge on any atom is -0.497 e. The molecule has 5 heterocycles. The number of carbonyl (C=O) groups excluding carboxylic acids is 1. The van der Waals surface area contributed by atoms with Crippen LogP contribution in [-0.4, -0.2) is 61.1 Å². The lowest BCUT2D eigenvalue weighted by molar-refractivity contribution is 0.0687. The molecule has 1 aliphatic rings. The highest BCUT2D eigenvalue weighted by Gasteiger charge is 2.40. The Balaban J connectivity index is 1.29. The van der Waals surface area contributed by atoms with Crippen LogP contribution in [0.3, 0.4) is 0 Å². The van der Waals surface area contributed by atoms with Gasteiger partial charge in [-0.3, -0.25) is 14.5 Å². The number of amides is 1. The quantitative estimate of drug-likeness (QED) is 0.129. The summed E-state index contributed by atoms with van der Waals surface area (Å²) in [6, 6.07) is 18.5. The van der Waals surface area contributed by atoms with Gasteiger partial charge < -0.3 is 28.6 Å². The first-order chi connectivity index (χ1) is 27.8. The third kappa shape index (κ3) is 6.46. The van der Waals surface area contributed by atoms with Gasteiger partial charge in [0.2, 0.25) is 0 Å². The van der Waals surface area contributed by atoms with Crippen molar-refractivity contribution in [2.75, 3.05) is 25.2 Å². The molecule has 58 heavy (non-hydrogen) atoms. The predicted molar refractivity (Wildman–Crippen MR) is 229 cm³/mol. The summed E-state index contributed by atoms with van der Waals surface area (Å²) in [7, 11) is 3.49. The number of carboxylic acids is 1. The first kappa shape index (κ1) is 39.1. The highest BCUT2D eigenvalue weighted by Crippen LogP contribution is 2.46. The Kier molecular flexibility index (Phi) is 10.2. The zero-order valence-corrected chi connectivity index (χ0v) is 35.0. The van der Waals surface area contributed by atoms with E-state index in [9.17, 15) is 9.90 Å². The van der Waals surface area contributed by atoms with E-state index in [0.717, 1.165) is 60.9 Å². The molecule has 0 bridgehead atoms. The second-order valence-corrected chi connectivity index (χ2v) is 15.9. The normalized spacial score (nSPS) is 14.1. The summed E-state index contributed by atoms with van der Waals surface area (Å²) in [6.45, 7) is 10.7. The number of para-hydroxylation sites is 1. The Morgan fingerprint density at radius 2 is 1.71 bits per heavy atom. The van der Waals surface area contributed by atoms with Crippen molar-refractivity contribution < 1.29 is 24.2 Å². The number of aryl methyl sites for hydroxylation is 5. The molecule has 298 valence electrons. The number of carbonyl (C=O) groups is 2. The summed E-state index contributed by atoms with van der Waals surface area (Å²) in [5.74, 6) is -0.0978. The number of hydrogen-bond acceptors (Lipinski definition) is 6. The predicted octanol–water partition coefficient (Wildman–Crippen LogP) is 9.92. The number of aromatic carboxylic acids is 1. The number of anilines is 1. The molecule has 0 unspecified atom stereocenters. The van der Waals surface area contributed by atoms with E-state index >= 15 is 4.79 Å². The number of nitrogens with zero attached hydrogens (tertiary/aromatic N) is 6. The number of benzene rings is 3. The van der Waals surface area contributed by atoms with Crippen molar-refractivity contribution in [3.63, 3.8) is 0 Å². The van der Waals surface area contributed by atoms with Gasteiger partial charge in [0.1, 0.15) is 17.2 Å². The minimum absolute atomic E-state index is 0.00442. The smallest absolute Gasteiger partial charge is 0.354 e. The summed E-state index contributed by atoms with van der Waals surface area (Å²) in [5.41, 5.74) is 9.24. The van der Waals surface area contributed by atoms with E-state index in [2.05, 4.69) is 16.5 Å². The van der Waals surface area contributed by atoms with Crippen molar-refractivity contribution in [3.05, 3.63) is 122 Å². The van der Waals surface area contributed by atoms with Crippen LogP contribution in [0.15, 0.2) is 66.9 Å². The molecule has 11 nitrogen and oxygen atoms in total. The largest absolute Gasteiger partial charge is 0.497 e. The fourth-order valence-corrected chi connectivity index (χ4v) is 9.05. The molecule has 3 aromatic carbocycles. The van der Waals surface area contributed by atoms with Crippen LogP contribution in [0.1, 0.15) is 74.1 Å². The van der Waals surface area contributed by atoms with Crippen molar-refractivity contribution in [2.45, 2.75) is 60.0 Å². The van der Waals surface area contributed by atoms with Crippen molar-refractivity contribution in [3.8, 4) is 22.6 Å². The van der Waals surface area contributed by atoms with Crippen LogP contribution >= 0.6 is 23.2 Å². The third-order valence-corrected chi connectivity index (χ3v) is 12.2. The first-order valence-corrected chi connectivity index (χ1v) is 20.0. The zero-order valence-electron chi connectivity index (χ0n) is 33.5. The Morgan fingerprint density at radius 1 is 0.966 bits per heavy atom. The maximum atomic E-state index is 15.4. The summed E-state index contributed by atoms with van der Waals surface area (Å²) in [5, 5.41) is 18.5. The Hall–Kier alpha value is -5.78. The lowest BCUT2D eigenvalue weighted by Gasteiger charge is -2.34. The van der Waals surface area contributed by atoms with Gasteiger partial charge in [0.15, 0.2) is 5.69 Å². The fraction of sp³-hybridized carbons (Fsp3) is 0.289. The van der Waals surface area contributed by atoms with E-state index in [4.69, 9.17) is 37.8 Å². The number of aromatic nitrogens is 5. The lowest BCUT2D eigenvalue weighted by Crippen LogP contribution is -2.43. The van der Waals surface area contributed by atoms with Crippen molar-refractivity contribution in [1.29, 1.82) is 0 Å². The number of rotatable bonds is 11. The van der Waals surface area contributed by atoms with Crippen LogP contribution < -0.4 is 14.4 Å². The monoisotopic (exact) mass is 818 g/mol. The molecule has 0 fully saturated rings. The molecule has 0 spiro atoms. The standard InChI is InChI=1S/C45H44Cl2N6O5/c1-24-19-31(20-25(2)39(24)47)58-18-10-12-32-33-14-15-35(46)38(37-27(4)49-50(6)28(37)5)40(33)53-26(3)22-52(44(54)42(32)53)41-34-11-8-9-13-36(34)51(43(41)45(55)56)23-29-21-30(57-7)16-17-48-29/h8-9,11,13-17,19-21,26H,10,12,18,22-23H2,1-7H3,(H,55,56)/t26-/m1/s1. The number of carboxylic acid groups (broad SMARTS) is 1. The van der Waals surface area contributed by atoms with E-state index in [1.165, 1.54) is 0 Å². The highest BCUT2D eigenvalue weighted by atomic mass is 35.5. The Labute approximate surface area is 346 Å². The molecule has 1 atom stereocenters. The van der Waals surface area contributed by atoms with Crippen LogP contribution in [0.25, 0.3) is 32.9 Å². The fourth-order valence-electron chi connectivity index (χ4n) is 8.69. The van der Waals surface area contributed by atoms with Crippen LogP contribution in [0.2, 0.25) is 10.0 Å². The molecule has 7 aromatic rings. The van der Waals surface area contributed by atoms with E-state index in [1.54, 1.807) is 34.9 Å². The van der Waals surface area contributed by atoms with E-state index in [0.29, 0.717) is 58.2 Å². The lowest BCUT2D eigenvalue weighted by atomic mass is 9.98. The molecule has 13 heteroatoms. The molecule has 1 amide bonds. The van der Waals surface area contributed by atoms with Gasteiger partial charge in [0.25, 0.3) is 5.91 Å². The number of methoxy groups -OCH3 is 1. The maximum absolute atomic E-state index is 15.4.